The third-order valence-electron chi connectivity index (χ3n) is 2.24. The van der Waals surface area contributed by atoms with Crippen LogP contribution in [0.1, 0.15) is 40.1 Å². The molecular weight excluding hydrogens is 198 g/mol. The number of nitrogens with zero attached hydrogens (tertiary/aromatic N) is 1. The lowest BCUT2D eigenvalue weighted by Crippen LogP contribution is -2.09. The largest absolute Gasteiger partial charge is 0.375 e. The van der Waals surface area contributed by atoms with Crippen molar-refractivity contribution in [2.75, 3.05) is 6.61 Å². The molecule has 4 heteroatoms. The quantitative estimate of drug-likeness (QED) is 0.769. The van der Waals surface area contributed by atoms with Gasteiger partial charge in [0.15, 0.2) is 5.78 Å². The Morgan fingerprint density at radius 3 is 3.07 bits per heavy atom. The van der Waals surface area contributed by atoms with Crippen LogP contribution in [0.25, 0.3) is 0 Å². The molecule has 3 nitrogen and oxygen atoms in total. The van der Waals surface area contributed by atoms with Crippen LogP contribution in [0, 0.1) is 0 Å². The minimum Gasteiger partial charge on any atom is -0.375 e. The third kappa shape index (κ3) is 1.86. The summed E-state index contributed by atoms with van der Waals surface area (Å²) in [5.74, 6) is 0.199. The highest BCUT2D eigenvalue weighted by Crippen LogP contribution is 2.26. The highest BCUT2D eigenvalue weighted by molar-refractivity contribution is 7.11. The molecule has 0 N–H and O–H groups in total. The molecular formula is C10H13NO2S. The normalized spacial score (nSPS) is 15.6. The maximum Gasteiger partial charge on any atom is 0.182 e. The first-order valence-corrected chi connectivity index (χ1v) is 5.72. The van der Waals surface area contributed by atoms with Crippen molar-refractivity contribution in [3.8, 4) is 0 Å². The fourth-order valence-corrected chi connectivity index (χ4v) is 2.63. The molecule has 0 bridgehead atoms. The predicted octanol–water partition coefficient (Wildman–Crippen LogP) is 2.20. The Morgan fingerprint density at radius 1 is 1.50 bits per heavy atom. The Morgan fingerprint density at radius 2 is 2.36 bits per heavy atom. The minimum atomic E-state index is 0.199. The van der Waals surface area contributed by atoms with E-state index in [9.17, 15) is 4.79 Å². The van der Waals surface area contributed by atoms with Gasteiger partial charge in [-0.05, 0) is 19.8 Å². The van der Waals surface area contributed by atoms with Gasteiger partial charge in [-0.3, -0.25) is 4.79 Å². The van der Waals surface area contributed by atoms with Gasteiger partial charge in [-0.15, -0.1) is 11.3 Å². The number of carbonyl (C=O) groups is 1. The van der Waals surface area contributed by atoms with Gasteiger partial charge in [0.1, 0.15) is 10.7 Å². The highest BCUT2D eigenvalue weighted by atomic mass is 32.1. The van der Waals surface area contributed by atoms with Crippen molar-refractivity contribution in [2.45, 2.75) is 32.8 Å². The van der Waals surface area contributed by atoms with E-state index < -0.39 is 0 Å². The lowest BCUT2D eigenvalue weighted by atomic mass is 10.0. The summed E-state index contributed by atoms with van der Waals surface area (Å²) in [6, 6.07) is 0. The molecule has 0 atom stereocenters. The van der Waals surface area contributed by atoms with Crippen molar-refractivity contribution in [1.82, 2.24) is 4.98 Å². The molecule has 1 heterocycles. The second kappa shape index (κ2) is 4.19. The van der Waals surface area contributed by atoms with Crippen LogP contribution in [0.2, 0.25) is 0 Å². The van der Waals surface area contributed by atoms with E-state index in [0.717, 1.165) is 22.7 Å². The van der Waals surface area contributed by atoms with Crippen LogP contribution in [0.3, 0.4) is 0 Å². The number of fused-ring (bicyclic) bond motifs is 1. The summed E-state index contributed by atoms with van der Waals surface area (Å²) >= 11 is 1.62. The van der Waals surface area contributed by atoms with Crippen LogP contribution < -0.4 is 0 Å². The summed E-state index contributed by atoms with van der Waals surface area (Å²) in [5, 5.41) is 0.937. The van der Waals surface area contributed by atoms with Gasteiger partial charge in [-0.25, -0.2) is 4.98 Å². The fraction of sp³-hybridized carbons (Fsp3) is 0.600. The molecule has 0 saturated carbocycles. The number of hydrogen-bond acceptors (Lipinski definition) is 4. The van der Waals surface area contributed by atoms with Crippen molar-refractivity contribution >= 4 is 17.1 Å². The molecule has 0 fully saturated rings. The Hall–Kier alpha value is -0.740. The molecule has 76 valence electrons. The number of ketones is 1. The van der Waals surface area contributed by atoms with Gasteiger partial charge >= 0.3 is 0 Å². The van der Waals surface area contributed by atoms with E-state index in [1.807, 2.05) is 6.92 Å². The second-order valence-corrected chi connectivity index (χ2v) is 4.46. The Bertz CT molecular complexity index is 346. The van der Waals surface area contributed by atoms with E-state index in [4.69, 9.17) is 4.74 Å². The van der Waals surface area contributed by atoms with Crippen LogP contribution in [0.5, 0.6) is 0 Å². The Balaban J connectivity index is 2.17. The molecule has 0 saturated heterocycles. The lowest BCUT2D eigenvalue weighted by Gasteiger charge is -2.06. The number of aromatic nitrogens is 1. The molecule has 2 rings (SSSR count). The monoisotopic (exact) mass is 211 g/mol. The molecule has 1 aliphatic carbocycles. The van der Waals surface area contributed by atoms with E-state index in [-0.39, 0.29) is 5.78 Å². The van der Waals surface area contributed by atoms with Gasteiger partial charge in [0.2, 0.25) is 0 Å². The van der Waals surface area contributed by atoms with E-state index in [2.05, 4.69) is 4.98 Å². The smallest absolute Gasteiger partial charge is 0.182 e. The first-order chi connectivity index (χ1) is 6.81. The molecule has 0 unspecified atom stereocenters. The summed E-state index contributed by atoms with van der Waals surface area (Å²) in [5.41, 5.74) is 0.705. The van der Waals surface area contributed by atoms with Gasteiger partial charge in [0.25, 0.3) is 0 Å². The van der Waals surface area contributed by atoms with Gasteiger partial charge in [-0.1, -0.05) is 0 Å². The standard InChI is InChI=1S/C10H13NO2S/c1-2-13-6-9-11-10-7(12)4-3-5-8(10)14-9/h2-6H2,1H3. The Kier molecular flexibility index (Phi) is 2.93. The van der Waals surface area contributed by atoms with Crippen LogP contribution in [0.4, 0.5) is 0 Å². The van der Waals surface area contributed by atoms with Crippen LogP contribution in [-0.2, 0) is 17.8 Å². The number of aryl methyl sites for hydroxylation is 1. The van der Waals surface area contributed by atoms with Gasteiger partial charge < -0.3 is 4.74 Å². The predicted molar refractivity (Wildman–Crippen MR) is 54.7 cm³/mol. The van der Waals surface area contributed by atoms with Crippen molar-refractivity contribution in [3.63, 3.8) is 0 Å². The maximum absolute atomic E-state index is 11.5. The summed E-state index contributed by atoms with van der Waals surface area (Å²) in [6.45, 7) is 3.19. The van der Waals surface area contributed by atoms with Crippen LogP contribution in [-0.4, -0.2) is 17.4 Å². The van der Waals surface area contributed by atoms with Crippen molar-refractivity contribution < 1.29 is 9.53 Å². The number of Topliss-reactive ketones (excluding diaryl/α,β-unsaturated/α-hetero) is 1. The minimum absolute atomic E-state index is 0.199. The van der Waals surface area contributed by atoms with E-state index >= 15 is 0 Å². The van der Waals surface area contributed by atoms with Crippen molar-refractivity contribution in [3.05, 3.63) is 15.6 Å². The summed E-state index contributed by atoms with van der Waals surface area (Å²) in [7, 11) is 0. The molecule has 14 heavy (non-hydrogen) atoms. The van der Waals surface area contributed by atoms with Gasteiger partial charge in [-0.2, -0.15) is 0 Å². The summed E-state index contributed by atoms with van der Waals surface area (Å²) in [6.07, 6.45) is 2.64. The summed E-state index contributed by atoms with van der Waals surface area (Å²) in [4.78, 5) is 16.9. The number of ether oxygens (including phenoxy) is 1. The number of rotatable bonds is 3. The van der Waals surface area contributed by atoms with Gasteiger partial charge in [0, 0.05) is 17.9 Å². The molecule has 0 spiro atoms. The molecule has 1 aromatic heterocycles. The summed E-state index contributed by atoms with van der Waals surface area (Å²) < 4.78 is 5.27. The zero-order valence-electron chi connectivity index (χ0n) is 8.21. The Labute approximate surface area is 87.1 Å². The van der Waals surface area contributed by atoms with Crippen molar-refractivity contribution in [2.24, 2.45) is 0 Å². The molecule has 1 aromatic rings. The third-order valence-corrected chi connectivity index (χ3v) is 3.33. The van der Waals surface area contributed by atoms with E-state index in [1.165, 1.54) is 0 Å². The molecule has 1 aliphatic rings. The van der Waals surface area contributed by atoms with Crippen LogP contribution >= 0.6 is 11.3 Å². The average Bonchev–Trinajstić information content (AvgIpc) is 2.59. The topological polar surface area (TPSA) is 39.2 Å². The van der Waals surface area contributed by atoms with E-state index in [0.29, 0.717) is 25.3 Å². The number of carbonyl (C=O) groups excluding carboxylic acids is 1. The number of hydrogen-bond donors (Lipinski definition) is 0. The molecule has 0 radical (unpaired) electrons. The highest BCUT2D eigenvalue weighted by Gasteiger charge is 2.21. The molecule has 0 amide bonds. The SMILES string of the molecule is CCOCc1nc2c(s1)CCCC2=O. The first-order valence-electron chi connectivity index (χ1n) is 4.90. The zero-order valence-corrected chi connectivity index (χ0v) is 9.02. The van der Waals surface area contributed by atoms with Crippen LogP contribution in [0.15, 0.2) is 0 Å². The average molecular weight is 211 g/mol. The number of thiazole rings is 1. The first kappa shape index (κ1) is 9.80. The second-order valence-electron chi connectivity index (χ2n) is 3.29. The molecule has 0 aromatic carbocycles. The lowest BCUT2D eigenvalue weighted by molar-refractivity contribution is 0.0967. The van der Waals surface area contributed by atoms with E-state index in [1.54, 1.807) is 11.3 Å². The maximum atomic E-state index is 11.5. The zero-order chi connectivity index (χ0) is 9.97. The fourth-order valence-electron chi connectivity index (χ4n) is 1.57. The van der Waals surface area contributed by atoms with Gasteiger partial charge in [0.05, 0.1) is 6.61 Å². The van der Waals surface area contributed by atoms with Crippen molar-refractivity contribution in [1.29, 1.82) is 0 Å². The molecule has 0 aliphatic heterocycles.